The highest BCUT2D eigenvalue weighted by molar-refractivity contribution is 6.03. The molecule has 0 saturated carbocycles. The third-order valence-electron chi connectivity index (χ3n) is 5.28. The van der Waals surface area contributed by atoms with Crippen molar-refractivity contribution in [1.82, 2.24) is 0 Å². The van der Waals surface area contributed by atoms with E-state index in [0.717, 1.165) is 52.3 Å². The Morgan fingerprint density at radius 3 is 2.29 bits per heavy atom. The normalized spacial score (nSPS) is 13.9. The summed E-state index contributed by atoms with van der Waals surface area (Å²) in [6.07, 6.45) is 4.33. The van der Waals surface area contributed by atoms with Crippen LogP contribution in [0.1, 0.15) is 35.1 Å². The van der Waals surface area contributed by atoms with E-state index in [0.29, 0.717) is 5.75 Å². The Kier molecular flexibility index (Phi) is 3.49. The lowest BCUT2D eigenvalue weighted by molar-refractivity contribution is 0.464. The van der Waals surface area contributed by atoms with E-state index in [-0.39, 0.29) is 5.75 Å². The number of benzene rings is 3. The van der Waals surface area contributed by atoms with Crippen LogP contribution in [-0.2, 0) is 12.8 Å². The quantitative estimate of drug-likeness (QED) is 0.629. The first-order valence-corrected chi connectivity index (χ1v) is 8.64. The number of hydrogen-bond donors (Lipinski definition) is 2. The molecule has 2 nitrogen and oxygen atoms in total. The first-order valence-electron chi connectivity index (χ1n) is 8.64. The van der Waals surface area contributed by atoms with Gasteiger partial charge in [-0.3, -0.25) is 0 Å². The number of hydrogen-bond acceptors (Lipinski definition) is 2. The Hall–Kier alpha value is -2.48. The highest BCUT2D eigenvalue weighted by Gasteiger charge is 2.24. The SMILES string of the molecule is Cc1cc2c(c(-c3c(O)c(C)cc4ccccc34)c1O)CCCC2. The van der Waals surface area contributed by atoms with Gasteiger partial charge in [-0.1, -0.05) is 30.3 Å². The third-order valence-corrected chi connectivity index (χ3v) is 5.28. The highest BCUT2D eigenvalue weighted by Crippen LogP contribution is 2.47. The van der Waals surface area contributed by atoms with E-state index >= 15 is 0 Å². The third kappa shape index (κ3) is 2.17. The van der Waals surface area contributed by atoms with E-state index in [4.69, 9.17) is 0 Å². The van der Waals surface area contributed by atoms with E-state index in [1.54, 1.807) is 0 Å². The minimum absolute atomic E-state index is 0.280. The zero-order valence-electron chi connectivity index (χ0n) is 14.2. The molecule has 0 heterocycles. The maximum atomic E-state index is 10.9. The molecular formula is C22H22O2. The fraction of sp³-hybridized carbons (Fsp3) is 0.273. The van der Waals surface area contributed by atoms with Crippen LogP contribution in [0.3, 0.4) is 0 Å². The van der Waals surface area contributed by atoms with Gasteiger partial charge in [0.1, 0.15) is 11.5 Å². The van der Waals surface area contributed by atoms with Crippen molar-refractivity contribution in [3.05, 3.63) is 58.7 Å². The van der Waals surface area contributed by atoms with Crippen LogP contribution in [0.2, 0.25) is 0 Å². The predicted octanol–water partition coefficient (Wildman–Crippen LogP) is 5.41. The lowest BCUT2D eigenvalue weighted by Crippen LogP contribution is -2.06. The van der Waals surface area contributed by atoms with Crippen LogP contribution in [0, 0.1) is 13.8 Å². The molecule has 1 aliphatic rings. The van der Waals surface area contributed by atoms with E-state index in [1.165, 1.54) is 17.5 Å². The van der Waals surface area contributed by atoms with Gasteiger partial charge in [-0.15, -0.1) is 0 Å². The van der Waals surface area contributed by atoms with Crippen LogP contribution < -0.4 is 0 Å². The van der Waals surface area contributed by atoms with Crippen LogP contribution in [0.25, 0.3) is 21.9 Å². The molecule has 0 bridgehead atoms. The number of rotatable bonds is 1. The number of fused-ring (bicyclic) bond motifs is 2. The van der Waals surface area contributed by atoms with Crippen LogP contribution in [0.15, 0.2) is 36.4 Å². The summed E-state index contributed by atoms with van der Waals surface area (Å²) in [6, 6.07) is 12.2. The highest BCUT2D eigenvalue weighted by atomic mass is 16.3. The Balaban J connectivity index is 2.16. The predicted molar refractivity (Wildman–Crippen MR) is 98.8 cm³/mol. The Labute approximate surface area is 142 Å². The van der Waals surface area contributed by atoms with Crippen molar-refractivity contribution in [2.24, 2.45) is 0 Å². The van der Waals surface area contributed by atoms with Crippen molar-refractivity contribution < 1.29 is 10.2 Å². The molecule has 0 spiro atoms. The van der Waals surface area contributed by atoms with Gasteiger partial charge in [0.15, 0.2) is 0 Å². The molecule has 0 amide bonds. The second kappa shape index (κ2) is 5.55. The van der Waals surface area contributed by atoms with E-state index in [1.807, 2.05) is 38.1 Å². The summed E-state index contributed by atoms with van der Waals surface area (Å²) in [5, 5.41) is 23.8. The molecule has 3 aromatic rings. The fourth-order valence-corrected chi connectivity index (χ4v) is 4.04. The van der Waals surface area contributed by atoms with Gasteiger partial charge in [-0.05, 0) is 78.6 Å². The van der Waals surface area contributed by atoms with Crippen molar-refractivity contribution in [2.75, 3.05) is 0 Å². The molecule has 0 aliphatic heterocycles. The van der Waals surface area contributed by atoms with Crippen LogP contribution >= 0.6 is 0 Å². The fourth-order valence-electron chi connectivity index (χ4n) is 4.04. The molecule has 2 N–H and O–H groups in total. The van der Waals surface area contributed by atoms with Gasteiger partial charge in [0.25, 0.3) is 0 Å². The molecule has 3 aromatic carbocycles. The van der Waals surface area contributed by atoms with Crippen molar-refractivity contribution in [3.63, 3.8) is 0 Å². The molecule has 0 fully saturated rings. The first kappa shape index (κ1) is 15.1. The maximum absolute atomic E-state index is 10.9. The summed E-state index contributed by atoms with van der Waals surface area (Å²) in [5.41, 5.74) is 5.86. The summed E-state index contributed by atoms with van der Waals surface area (Å²) < 4.78 is 0. The van der Waals surface area contributed by atoms with E-state index < -0.39 is 0 Å². The largest absolute Gasteiger partial charge is 0.507 e. The zero-order valence-corrected chi connectivity index (χ0v) is 14.2. The van der Waals surface area contributed by atoms with Crippen molar-refractivity contribution in [1.29, 1.82) is 0 Å². The van der Waals surface area contributed by atoms with Gasteiger partial charge >= 0.3 is 0 Å². The summed E-state index contributed by atoms with van der Waals surface area (Å²) in [5.74, 6) is 0.587. The van der Waals surface area contributed by atoms with Crippen LogP contribution in [-0.4, -0.2) is 10.2 Å². The molecule has 122 valence electrons. The van der Waals surface area contributed by atoms with Crippen LogP contribution in [0.5, 0.6) is 11.5 Å². The van der Waals surface area contributed by atoms with Gasteiger partial charge in [0.2, 0.25) is 0 Å². The Morgan fingerprint density at radius 2 is 1.46 bits per heavy atom. The molecule has 24 heavy (non-hydrogen) atoms. The molecule has 4 rings (SSSR count). The van der Waals surface area contributed by atoms with Gasteiger partial charge in [-0.25, -0.2) is 0 Å². The summed E-state index contributed by atoms with van der Waals surface area (Å²) in [4.78, 5) is 0. The smallest absolute Gasteiger partial charge is 0.127 e. The first-order chi connectivity index (χ1) is 11.6. The van der Waals surface area contributed by atoms with Gasteiger partial charge in [-0.2, -0.15) is 0 Å². The summed E-state index contributed by atoms with van der Waals surface area (Å²) >= 11 is 0. The van der Waals surface area contributed by atoms with E-state index in [2.05, 4.69) is 12.1 Å². The molecule has 0 radical (unpaired) electrons. The standard InChI is InChI=1S/C22H22O2/c1-13-11-15-7-3-5-9-17(15)19(21(13)23)20-18-10-6-4-8-16(18)12-14(2)22(20)24/h3,5,7,9,11-12,23-24H,4,6,8,10H2,1-2H3. The maximum Gasteiger partial charge on any atom is 0.127 e. The molecular weight excluding hydrogens is 296 g/mol. The second-order valence-corrected chi connectivity index (χ2v) is 6.90. The second-order valence-electron chi connectivity index (χ2n) is 6.90. The molecule has 0 saturated heterocycles. The number of aryl methyl sites for hydroxylation is 3. The van der Waals surface area contributed by atoms with E-state index in [9.17, 15) is 10.2 Å². The van der Waals surface area contributed by atoms with Gasteiger partial charge in [0, 0.05) is 11.1 Å². The average Bonchev–Trinajstić information content (AvgIpc) is 2.58. The van der Waals surface area contributed by atoms with Crippen molar-refractivity contribution in [2.45, 2.75) is 39.5 Å². The van der Waals surface area contributed by atoms with Crippen LogP contribution in [0.4, 0.5) is 0 Å². The minimum Gasteiger partial charge on any atom is -0.507 e. The van der Waals surface area contributed by atoms with Crippen molar-refractivity contribution in [3.8, 4) is 22.6 Å². The number of phenols is 2. The molecule has 0 atom stereocenters. The summed E-state index contributed by atoms with van der Waals surface area (Å²) in [7, 11) is 0. The topological polar surface area (TPSA) is 40.5 Å². The van der Waals surface area contributed by atoms with Gasteiger partial charge in [0.05, 0.1) is 0 Å². The monoisotopic (exact) mass is 318 g/mol. The molecule has 0 aromatic heterocycles. The zero-order chi connectivity index (χ0) is 16.8. The molecule has 1 aliphatic carbocycles. The Morgan fingerprint density at radius 1 is 0.792 bits per heavy atom. The molecule has 2 heteroatoms. The average molecular weight is 318 g/mol. The minimum atomic E-state index is 0.280. The Bertz CT molecular complexity index is 954. The number of phenolic OH excluding ortho intramolecular Hbond substituents is 2. The lowest BCUT2D eigenvalue weighted by atomic mass is 9.82. The summed E-state index contributed by atoms with van der Waals surface area (Å²) in [6.45, 7) is 3.87. The van der Waals surface area contributed by atoms with Crippen molar-refractivity contribution >= 4 is 10.8 Å². The lowest BCUT2D eigenvalue weighted by Gasteiger charge is -2.24. The number of aromatic hydroxyl groups is 2. The van der Waals surface area contributed by atoms with Gasteiger partial charge < -0.3 is 10.2 Å². The molecule has 0 unspecified atom stereocenters.